The minimum Gasteiger partial charge on any atom is -0.507 e. The predicted octanol–water partition coefficient (Wildman–Crippen LogP) is 3.36. The van der Waals surface area contributed by atoms with Crippen LogP contribution in [0.25, 0.3) is 22.0 Å². The van der Waals surface area contributed by atoms with Gasteiger partial charge in [0, 0.05) is 17.6 Å². The van der Waals surface area contributed by atoms with Gasteiger partial charge >= 0.3 is 0 Å². The number of hydrogen-bond donors (Lipinski definition) is 2. The van der Waals surface area contributed by atoms with Crippen molar-refractivity contribution in [2.24, 2.45) is 5.73 Å². The number of benzene rings is 2. The van der Waals surface area contributed by atoms with Gasteiger partial charge in [0.1, 0.15) is 17.1 Å². The molecule has 0 bridgehead atoms. The van der Waals surface area contributed by atoms with E-state index < -0.39 is 22.9 Å². The van der Waals surface area contributed by atoms with Crippen LogP contribution in [0.2, 0.25) is 5.02 Å². The SMILES string of the molecule is NC1CC(n2cnc3c(F)c(-c4c(O)cccc4F)c(Cl)cc3c2=O)C1. The summed E-state index contributed by atoms with van der Waals surface area (Å²) in [6.45, 7) is 0. The van der Waals surface area contributed by atoms with Crippen molar-refractivity contribution in [3.63, 3.8) is 0 Å². The monoisotopic (exact) mass is 377 g/mol. The van der Waals surface area contributed by atoms with Crippen LogP contribution in [-0.2, 0) is 0 Å². The maximum atomic E-state index is 15.1. The Hall–Kier alpha value is -2.51. The molecule has 1 aliphatic carbocycles. The second kappa shape index (κ2) is 6.03. The molecule has 2 aromatic carbocycles. The van der Waals surface area contributed by atoms with Crippen molar-refractivity contribution in [3.05, 3.63) is 57.6 Å². The highest BCUT2D eigenvalue weighted by molar-refractivity contribution is 6.34. The largest absolute Gasteiger partial charge is 0.507 e. The molecule has 0 saturated heterocycles. The molecule has 0 atom stereocenters. The zero-order valence-electron chi connectivity index (χ0n) is 13.4. The molecule has 1 saturated carbocycles. The second-order valence-electron chi connectivity index (χ2n) is 6.42. The summed E-state index contributed by atoms with van der Waals surface area (Å²) in [6, 6.07) is 4.82. The lowest BCUT2D eigenvalue weighted by Crippen LogP contribution is -2.41. The number of halogens is 3. The first-order valence-corrected chi connectivity index (χ1v) is 8.38. The van der Waals surface area contributed by atoms with Gasteiger partial charge in [-0.3, -0.25) is 9.36 Å². The molecular formula is C18H14ClF2N3O2. The highest BCUT2D eigenvalue weighted by Gasteiger charge is 2.29. The fraction of sp³-hybridized carbons (Fsp3) is 0.222. The molecule has 1 aliphatic rings. The number of hydrogen-bond acceptors (Lipinski definition) is 4. The summed E-state index contributed by atoms with van der Waals surface area (Å²) >= 11 is 6.15. The van der Waals surface area contributed by atoms with Crippen LogP contribution in [0.1, 0.15) is 18.9 Å². The van der Waals surface area contributed by atoms with Crippen LogP contribution in [-0.4, -0.2) is 20.7 Å². The normalized spacial score (nSPS) is 19.5. The maximum Gasteiger partial charge on any atom is 0.261 e. The minimum atomic E-state index is -0.956. The van der Waals surface area contributed by atoms with Crippen molar-refractivity contribution in [3.8, 4) is 16.9 Å². The summed E-state index contributed by atoms with van der Waals surface area (Å²) < 4.78 is 30.6. The van der Waals surface area contributed by atoms with E-state index in [1.54, 1.807) is 0 Å². The maximum absolute atomic E-state index is 15.1. The fourth-order valence-electron chi connectivity index (χ4n) is 3.32. The van der Waals surface area contributed by atoms with Crippen molar-refractivity contribution in [1.29, 1.82) is 0 Å². The Kier molecular flexibility index (Phi) is 3.93. The van der Waals surface area contributed by atoms with Gasteiger partial charge < -0.3 is 10.8 Å². The van der Waals surface area contributed by atoms with Gasteiger partial charge in [-0.25, -0.2) is 13.8 Å². The van der Waals surface area contributed by atoms with Crippen molar-refractivity contribution in [1.82, 2.24) is 9.55 Å². The van der Waals surface area contributed by atoms with Crippen LogP contribution in [0, 0.1) is 11.6 Å². The van der Waals surface area contributed by atoms with Crippen LogP contribution in [0.3, 0.4) is 0 Å². The third kappa shape index (κ3) is 2.47. The number of phenols is 1. The summed E-state index contributed by atoms with van der Waals surface area (Å²) in [6.07, 6.45) is 2.55. The van der Waals surface area contributed by atoms with E-state index in [4.69, 9.17) is 17.3 Å². The summed E-state index contributed by atoms with van der Waals surface area (Å²) in [5.74, 6) is -2.24. The average Bonchev–Trinajstić information content (AvgIpc) is 2.56. The molecule has 26 heavy (non-hydrogen) atoms. The lowest BCUT2D eigenvalue weighted by atomic mass is 9.87. The van der Waals surface area contributed by atoms with Crippen LogP contribution in [0.5, 0.6) is 5.75 Å². The van der Waals surface area contributed by atoms with E-state index >= 15 is 4.39 Å². The van der Waals surface area contributed by atoms with Crippen LogP contribution in [0.4, 0.5) is 8.78 Å². The molecule has 1 fully saturated rings. The quantitative estimate of drug-likeness (QED) is 0.717. The van der Waals surface area contributed by atoms with Gasteiger partial charge in [0.2, 0.25) is 0 Å². The number of rotatable bonds is 2. The van der Waals surface area contributed by atoms with Crippen molar-refractivity contribution in [2.75, 3.05) is 0 Å². The fourth-order valence-corrected chi connectivity index (χ4v) is 3.60. The number of aromatic hydroxyl groups is 1. The van der Waals surface area contributed by atoms with Crippen LogP contribution in [0.15, 0.2) is 35.4 Å². The van der Waals surface area contributed by atoms with Gasteiger partial charge in [-0.05, 0) is 31.0 Å². The third-order valence-electron chi connectivity index (χ3n) is 4.75. The van der Waals surface area contributed by atoms with Gasteiger partial charge in [-0.15, -0.1) is 0 Å². The Morgan fingerprint density at radius 2 is 2.00 bits per heavy atom. The molecule has 0 spiro atoms. The minimum absolute atomic E-state index is 0.00458. The van der Waals surface area contributed by atoms with Gasteiger partial charge in [0.15, 0.2) is 5.82 Å². The van der Waals surface area contributed by atoms with Gasteiger partial charge in [0.25, 0.3) is 5.56 Å². The number of phenolic OH excluding ortho intramolecular Hbond substituents is 1. The molecule has 8 heteroatoms. The average molecular weight is 378 g/mol. The highest BCUT2D eigenvalue weighted by atomic mass is 35.5. The van der Waals surface area contributed by atoms with Crippen molar-refractivity contribution >= 4 is 22.5 Å². The van der Waals surface area contributed by atoms with Gasteiger partial charge in [-0.1, -0.05) is 17.7 Å². The van der Waals surface area contributed by atoms with E-state index in [2.05, 4.69) is 4.98 Å². The van der Waals surface area contributed by atoms with E-state index in [1.165, 1.54) is 29.1 Å². The topological polar surface area (TPSA) is 81.1 Å². The van der Waals surface area contributed by atoms with E-state index in [0.29, 0.717) is 12.8 Å². The Morgan fingerprint density at radius 1 is 1.27 bits per heavy atom. The number of aromatic nitrogens is 2. The Balaban J connectivity index is 1.96. The number of nitrogens with zero attached hydrogens (tertiary/aromatic N) is 2. The first kappa shape index (κ1) is 16.9. The Bertz CT molecular complexity index is 1070. The lowest BCUT2D eigenvalue weighted by molar-refractivity contribution is 0.260. The summed E-state index contributed by atoms with van der Waals surface area (Å²) in [5.41, 5.74) is 4.40. The van der Waals surface area contributed by atoms with E-state index in [0.717, 1.165) is 6.07 Å². The van der Waals surface area contributed by atoms with Crippen LogP contribution >= 0.6 is 11.6 Å². The van der Waals surface area contributed by atoms with Gasteiger partial charge in [0.05, 0.1) is 22.3 Å². The molecule has 0 unspecified atom stereocenters. The smallest absolute Gasteiger partial charge is 0.261 e. The summed E-state index contributed by atoms with van der Waals surface area (Å²) in [7, 11) is 0. The third-order valence-corrected chi connectivity index (χ3v) is 5.05. The predicted molar refractivity (Wildman–Crippen MR) is 94.3 cm³/mol. The second-order valence-corrected chi connectivity index (χ2v) is 6.83. The zero-order chi connectivity index (χ0) is 18.6. The standard InChI is InChI=1S/C18H14ClF2N3O2/c19-11-6-10-17(23-7-24(18(10)26)9-4-8(22)5-9)16(21)14(11)15-12(20)2-1-3-13(15)25/h1-3,6-9,25H,4-5,22H2. The highest BCUT2D eigenvalue weighted by Crippen LogP contribution is 2.40. The first-order chi connectivity index (χ1) is 12.4. The van der Waals surface area contributed by atoms with Gasteiger partial charge in [-0.2, -0.15) is 0 Å². The Morgan fingerprint density at radius 3 is 2.65 bits per heavy atom. The Labute approximate surface area is 151 Å². The zero-order valence-corrected chi connectivity index (χ0v) is 14.2. The molecule has 0 radical (unpaired) electrons. The molecule has 1 aromatic heterocycles. The summed E-state index contributed by atoms with van der Waals surface area (Å²) in [5, 5.41) is 9.75. The van der Waals surface area contributed by atoms with E-state index in [1.807, 2.05) is 0 Å². The lowest BCUT2D eigenvalue weighted by Gasteiger charge is -2.33. The molecular weight excluding hydrogens is 364 g/mol. The molecule has 134 valence electrons. The molecule has 0 amide bonds. The van der Waals surface area contributed by atoms with Crippen molar-refractivity contribution in [2.45, 2.75) is 24.9 Å². The molecule has 5 nitrogen and oxygen atoms in total. The molecule has 4 rings (SSSR count). The molecule has 3 aromatic rings. The van der Waals surface area contributed by atoms with Crippen LogP contribution < -0.4 is 11.3 Å². The first-order valence-electron chi connectivity index (χ1n) is 8.00. The van der Waals surface area contributed by atoms with Crippen molar-refractivity contribution < 1.29 is 13.9 Å². The van der Waals surface area contributed by atoms with E-state index in [9.17, 15) is 14.3 Å². The molecule has 1 heterocycles. The number of nitrogens with two attached hydrogens (primary N) is 1. The van der Waals surface area contributed by atoms with E-state index in [-0.39, 0.29) is 39.1 Å². The number of fused-ring (bicyclic) bond motifs is 1. The molecule has 3 N–H and O–H groups in total. The summed E-state index contributed by atoms with van der Waals surface area (Å²) in [4.78, 5) is 16.7. The molecule has 0 aliphatic heterocycles.